The van der Waals surface area contributed by atoms with E-state index in [0.717, 1.165) is 50.1 Å². The van der Waals surface area contributed by atoms with Crippen molar-refractivity contribution in [2.24, 2.45) is 0 Å². The summed E-state index contributed by atoms with van der Waals surface area (Å²) in [7, 11) is 0. The van der Waals surface area contributed by atoms with E-state index in [1.54, 1.807) is 0 Å². The zero-order valence-electron chi connectivity index (χ0n) is 33.2. The molecule has 0 aliphatic heterocycles. The van der Waals surface area contributed by atoms with Crippen molar-refractivity contribution in [3.05, 3.63) is 231 Å². The predicted molar refractivity (Wildman–Crippen MR) is 257 cm³/mol. The number of furan rings is 1. The second kappa shape index (κ2) is 14.3. The van der Waals surface area contributed by atoms with Crippen molar-refractivity contribution < 1.29 is 4.42 Å². The minimum atomic E-state index is 0.906. The summed E-state index contributed by atoms with van der Waals surface area (Å²) in [6.07, 6.45) is 0. The van der Waals surface area contributed by atoms with Gasteiger partial charge in [-0.1, -0.05) is 152 Å². The quantitative estimate of drug-likeness (QED) is 0.161. The molecule has 0 fully saturated rings. The number of aromatic nitrogens is 1. The summed E-state index contributed by atoms with van der Waals surface area (Å²) < 4.78 is 8.79. The summed E-state index contributed by atoms with van der Waals surface area (Å²) in [4.78, 5) is 2.35. The maximum atomic E-state index is 6.42. The highest BCUT2D eigenvalue weighted by Crippen LogP contribution is 2.41. The number of benzene rings is 10. The van der Waals surface area contributed by atoms with E-state index in [4.69, 9.17) is 4.42 Å². The summed E-state index contributed by atoms with van der Waals surface area (Å²) in [5, 5.41) is 7.15. The first-order chi connectivity index (χ1) is 30.2. The number of rotatable bonds is 7. The first-order valence-electron chi connectivity index (χ1n) is 20.8. The topological polar surface area (TPSA) is 21.3 Å². The van der Waals surface area contributed by atoms with E-state index < -0.39 is 0 Å². The third-order valence-electron chi connectivity index (χ3n) is 12.2. The normalized spacial score (nSPS) is 11.6. The molecule has 286 valence electrons. The lowest BCUT2D eigenvalue weighted by Gasteiger charge is -2.26. The van der Waals surface area contributed by atoms with Gasteiger partial charge in [-0.25, -0.2) is 0 Å². The molecular formula is C58H38N2O. The molecule has 12 aromatic rings. The van der Waals surface area contributed by atoms with Crippen molar-refractivity contribution in [1.82, 2.24) is 4.57 Å². The number of fused-ring (bicyclic) bond motifs is 7. The van der Waals surface area contributed by atoms with Gasteiger partial charge in [0.15, 0.2) is 0 Å². The summed E-state index contributed by atoms with van der Waals surface area (Å²) in [6.45, 7) is 0. The van der Waals surface area contributed by atoms with Crippen molar-refractivity contribution in [3.8, 4) is 39.1 Å². The van der Waals surface area contributed by atoms with Gasteiger partial charge in [-0.3, -0.25) is 0 Å². The zero-order valence-corrected chi connectivity index (χ0v) is 33.2. The highest BCUT2D eigenvalue weighted by atomic mass is 16.3. The lowest BCUT2D eigenvalue weighted by atomic mass is 9.98. The van der Waals surface area contributed by atoms with Crippen molar-refractivity contribution >= 4 is 71.6 Å². The highest BCUT2D eigenvalue weighted by Gasteiger charge is 2.17. The molecule has 0 saturated heterocycles. The Morgan fingerprint density at radius 3 is 1.69 bits per heavy atom. The number of anilines is 3. The van der Waals surface area contributed by atoms with Crippen LogP contribution in [0.4, 0.5) is 17.1 Å². The third-order valence-corrected chi connectivity index (χ3v) is 12.2. The molecule has 61 heavy (non-hydrogen) atoms. The fourth-order valence-corrected chi connectivity index (χ4v) is 9.20. The highest BCUT2D eigenvalue weighted by molar-refractivity contribution is 6.11. The molecular weight excluding hydrogens is 741 g/mol. The van der Waals surface area contributed by atoms with Gasteiger partial charge >= 0.3 is 0 Å². The van der Waals surface area contributed by atoms with Crippen LogP contribution < -0.4 is 4.90 Å². The molecule has 12 rings (SSSR count). The summed E-state index contributed by atoms with van der Waals surface area (Å²) in [6, 6.07) is 82.9. The Kier molecular flexibility index (Phi) is 8.17. The predicted octanol–water partition coefficient (Wildman–Crippen LogP) is 16.3. The van der Waals surface area contributed by atoms with E-state index >= 15 is 0 Å². The first-order valence-corrected chi connectivity index (χ1v) is 20.8. The summed E-state index contributed by atoms with van der Waals surface area (Å²) in [5.41, 5.74) is 15.6. The minimum Gasteiger partial charge on any atom is -0.455 e. The van der Waals surface area contributed by atoms with E-state index in [1.807, 2.05) is 12.1 Å². The molecule has 3 nitrogen and oxygen atoms in total. The number of hydrogen-bond acceptors (Lipinski definition) is 2. The van der Waals surface area contributed by atoms with Crippen molar-refractivity contribution in [2.45, 2.75) is 0 Å². The van der Waals surface area contributed by atoms with Crippen LogP contribution in [-0.4, -0.2) is 4.57 Å². The molecule has 3 heteroatoms. The summed E-state index contributed by atoms with van der Waals surface area (Å²) in [5.74, 6) is 0. The number of nitrogens with zero attached hydrogens (tertiary/aromatic N) is 2. The smallest absolute Gasteiger partial charge is 0.143 e. The molecule has 0 unspecified atom stereocenters. The second-order valence-electron chi connectivity index (χ2n) is 15.7. The monoisotopic (exact) mass is 778 g/mol. The van der Waals surface area contributed by atoms with Gasteiger partial charge in [0, 0.05) is 49.9 Å². The molecule has 0 bridgehead atoms. The lowest BCUT2D eigenvalue weighted by Crippen LogP contribution is -2.09. The van der Waals surface area contributed by atoms with Crippen molar-refractivity contribution in [3.63, 3.8) is 0 Å². The Balaban J connectivity index is 0.931. The maximum absolute atomic E-state index is 6.42. The van der Waals surface area contributed by atoms with Gasteiger partial charge in [-0.2, -0.15) is 0 Å². The van der Waals surface area contributed by atoms with E-state index in [0.29, 0.717) is 0 Å². The molecule has 2 aromatic heterocycles. The molecule has 0 amide bonds. The molecule has 0 saturated carbocycles. The van der Waals surface area contributed by atoms with Gasteiger partial charge in [0.05, 0.1) is 11.0 Å². The van der Waals surface area contributed by atoms with E-state index in [9.17, 15) is 0 Å². The Morgan fingerprint density at radius 1 is 0.328 bits per heavy atom. The minimum absolute atomic E-state index is 0.906. The molecule has 0 atom stereocenters. The Morgan fingerprint density at radius 2 is 0.885 bits per heavy atom. The van der Waals surface area contributed by atoms with Crippen LogP contribution >= 0.6 is 0 Å². The van der Waals surface area contributed by atoms with Crippen LogP contribution in [0.25, 0.3) is 93.6 Å². The fraction of sp³-hybridized carbons (Fsp3) is 0. The SMILES string of the molecule is c1ccc(-c2ccc(N(c3ccc(-c4cccc5c4oc4ccccc45)cc3)c3ccc4cc(-c5ccc6c(c5)c5ccccc5n6-c5ccccc5)ccc4c3)cc2)cc1. The van der Waals surface area contributed by atoms with E-state index in [2.05, 4.69) is 228 Å². The standard InChI is InChI=1S/C58H38N2O/c1-3-12-39(13-4-1)40-24-30-47(31-25-40)59(48-32-26-41(27-33-48)50-18-11-19-53-52-17-8-10-21-57(52)61-58(50)53)49-34-28-43-36-42(22-23-44(43)37-49)45-29-35-56-54(38-45)51-16-7-9-20-55(51)60(56)46-14-5-2-6-15-46/h1-38H. The van der Waals surface area contributed by atoms with E-state index in [1.165, 1.54) is 60.5 Å². The van der Waals surface area contributed by atoms with Crippen LogP contribution in [0, 0.1) is 0 Å². The van der Waals surface area contributed by atoms with E-state index in [-0.39, 0.29) is 0 Å². The van der Waals surface area contributed by atoms with Crippen LogP contribution in [0.2, 0.25) is 0 Å². The lowest BCUT2D eigenvalue weighted by molar-refractivity contribution is 0.670. The molecule has 0 N–H and O–H groups in total. The average molecular weight is 779 g/mol. The Hall–Kier alpha value is -8.14. The molecule has 0 radical (unpaired) electrons. The van der Waals surface area contributed by atoms with Crippen molar-refractivity contribution in [1.29, 1.82) is 0 Å². The molecule has 0 aliphatic carbocycles. The van der Waals surface area contributed by atoms with Crippen LogP contribution in [0.5, 0.6) is 0 Å². The van der Waals surface area contributed by atoms with Crippen molar-refractivity contribution in [2.75, 3.05) is 4.90 Å². The van der Waals surface area contributed by atoms with Crippen LogP contribution in [0.15, 0.2) is 235 Å². The number of para-hydroxylation sites is 4. The van der Waals surface area contributed by atoms with Gasteiger partial charge in [-0.05, 0) is 117 Å². The van der Waals surface area contributed by atoms with Gasteiger partial charge in [0.1, 0.15) is 11.2 Å². The first kappa shape index (κ1) is 34.9. The summed E-state index contributed by atoms with van der Waals surface area (Å²) >= 11 is 0. The van der Waals surface area contributed by atoms with Gasteiger partial charge in [-0.15, -0.1) is 0 Å². The van der Waals surface area contributed by atoms with Gasteiger partial charge in [0.25, 0.3) is 0 Å². The molecule has 2 heterocycles. The second-order valence-corrected chi connectivity index (χ2v) is 15.7. The molecule has 0 aliphatic rings. The maximum Gasteiger partial charge on any atom is 0.143 e. The van der Waals surface area contributed by atoms with Gasteiger partial charge in [0.2, 0.25) is 0 Å². The van der Waals surface area contributed by atoms with Crippen LogP contribution in [-0.2, 0) is 0 Å². The zero-order chi connectivity index (χ0) is 40.3. The third kappa shape index (κ3) is 5.98. The fourth-order valence-electron chi connectivity index (χ4n) is 9.20. The van der Waals surface area contributed by atoms with Crippen LogP contribution in [0.3, 0.4) is 0 Å². The Bertz CT molecular complexity index is 3560. The Labute approximate surface area is 353 Å². The molecule has 10 aromatic carbocycles. The average Bonchev–Trinajstić information content (AvgIpc) is 3.88. The van der Waals surface area contributed by atoms with Crippen LogP contribution in [0.1, 0.15) is 0 Å². The molecule has 0 spiro atoms. The largest absolute Gasteiger partial charge is 0.455 e. The van der Waals surface area contributed by atoms with Gasteiger partial charge < -0.3 is 13.9 Å². The number of hydrogen-bond donors (Lipinski definition) is 0.